The molecule has 3 amide bonds. The summed E-state index contributed by atoms with van der Waals surface area (Å²) in [4.78, 5) is 43.3. The molecule has 8 heteroatoms. The largest absolute Gasteiger partial charge is 0.508 e. The predicted octanol–water partition coefficient (Wildman–Crippen LogP) is 6.13. The van der Waals surface area contributed by atoms with Gasteiger partial charge in [-0.15, -0.1) is 0 Å². The molecule has 43 heavy (non-hydrogen) atoms. The lowest BCUT2D eigenvalue weighted by atomic mass is 9.91. The average Bonchev–Trinajstić information content (AvgIpc) is 2.90. The summed E-state index contributed by atoms with van der Waals surface area (Å²) in [7, 11) is 0. The number of benzene rings is 3. The molecule has 3 rings (SSSR count). The van der Waals surface area contributed by atoms with E-state index in [1.165, 1.54) is 12.1 Å². The Morgan fingerprint density at radius 3 is 2.05 bits per heavy atom. The Morgan fingerprint density at radius 2 is 1.49 bits per heavy atom. The van der Waals surface area contributed by atoms with E-state index in [0.717, 1.165) is 22.3 Å². The molecule has 3 aromatic rings. The second-order valence-corrected chi connectivity index (χ2v) is 12.9. The zero-order chi connectivity index (χ0) is 31.9. The highest BCUT2D eigenvalue weighted by atomic mass is 16.6. The van der Waals surface area contributed by atoms with E-state index in [9.17, 15) is 19.5 Å². The summed E-state index contributed by atoms with van der Waals surface area (Å²) in [6.45, 7) is 15.1. The predicted molar refractivity (Wildman–Crippen MR) is 169 cm³/mol. The van der Waals surface area contributed by atoms with Crippen LogP contribution in [0.2, 0.25) is 0 Å². The molecular weight excluding hydrogens is 542 g/mol. The maximum absolute atomic E-state index is 14.7. The number of aromatic hydroxyl groups is 1. The van der Waals surface area contributed by atoms with Crippen molar-refractivity contribution >= 4 is 17.9 Å². The van der Waals surface area contributed by atoms with Gasteiger partial charge in [-0.25, -0.2) is 4.79 Å². The van der Waals surface area contributed by atoms with E-state index in [4.69, 9.17) is 4.74 Å². The maximum atomic E-state index is 14.7. The molecular formula is C35H45N3O5. The number of phenolic OH excluding ortho intramolecular Hbond substituents is 1. The van der Waals surface area contributed by atoms with Gasteiger partial charge in [0.15, 0.2) is 0 Å². The van der Waals surface area contributed by atoms with Crippen molar-refractivity contribution in [2.45, 2.75) is 91.6 Å². The Kier molecular flexibility index (Phi) is 10.6. The summed E-state index contributed by atoms with van der Waals surface area (Å²) in [5.74, 6) is -0.681. The summed E-state index contributed by atoms with van der Waals surface area (Å²) in [5.41, 5.74) is 2.65. The van der Waals surface area contributed by atoms with E-state index >= 15 is 0 Å². The zero-order valence-corrected chi connectivity index (χ0v) is 26.5. The molecule has 0 spiro atoms. The van der Waals surface area contributed by atoms with Crippen LogP contribution in [0.5, 0.6) is 5.75 Å². The molecule has 0 aliphatic heterocycles. The van der Waals surface area contributed by atoms with Gasteiger partial charge in [0.2, 0.25) is 11.8 Å². The number of nitrogens with one attached hydrogen (secondary N) is 2. The number of alkyl carbamates (subject to hydrolysis) is 1. The van der Waals surface area contributed by atoms with Gasteiger partial charge in [0, 0.05) is 18.5 Å². The fourth-order valence-electron chi connectivity index (χ4n) is 4.94. The van der Waals surface area contributed by atoms with E-state index in [2.05, 4.69) is 10.6 Å². The summed E-state index contributed by atoms with van der Waals surface area (Å²) in [6, 6.07) is 19.8. The topological polar surface area (TPSA) is 108 Å². The lowest BCUT2D eigenvalue weighted by Crippen LogP contribution is -2.59. The molecule has 0 aliphatic carbocycles. The molecule has 8 nitrogen and oxygen atoms in total. The van der Waals surface area contributed by atoms with Crippen LogP contribution in [0.15, 0.2) is 72.8 Å². The van der Waals surface area contributed by atoms with E-state index < -0.39 is 35.2 Å². The van der Waals surface area contributed by atoms with Crippen molar-refractivity contribution in [1.82, 2.24) is 15.5 Å². The zero-order valence-electron chi connectivity index (χ0n) is 26.5. The van der Waals surface area contributed by atoms with Crippen LogP contribution >= 0.6 is 0 Å². The minimum absolute atomic E-state index is 0.0908. The van der Waals surface area contributed by atoms with Crippen molar-refractivity contribution < 1.29 is 24.2 Å². The molecule has 0 saturated carbocycles. The van der Waals surface area contributed by atoms with Gasteiger partial charge < -0.3 is 25.4 Å². The number of rotatable bonds is 9. The molecule has 0 heterocycles. The Hall–Kier alpha value is -4.33. The van der Waals surface area contributed by atoms with E-state index in [1.807, 2.05) is 83.1 Å². The molecule has 2 unspecified atom stereocenters. The molecule has 0 radical (unpaired) electrons. The molecule has 0 aliphatic rings. The van der Waals surface area contributed by atoms with Gasteiger partial charge in [0.25, 0.3) is 0 Å². The van der Waals surface area contributed by atoms with E-state index in [1.54, 1.807) is 37.8 Å². The second-order valence-electron chi connectivity index (χ2n) is 12.9. The minimum Gasteiger partial charge on any atom is -0.508 e. The first-order chi connectivity index (χ1) is 20.0. The quantitative estimate of drug-likeness (QED) is 0.279. The third kappa shape index (κ3) is 9.60. The van der Waals surface area contributed by atoms with E-state index in [-0.39, 0.29) is 18.1 Å². The van der Waals surface area contributed by atoms with Crippen LogP contribution in [-0.2, 0) is 27.3 Å². The van der Waals surface area contributed by atoms with Crippen LogP contribution in [0, 0.1) is 13.8 Å². The molecule has 3 N–H and O–H groups in total. The van der Waals surface area contributed by atoms with Gasteiger partial charge in [0.05, 0.1) is 0 Å². The summed E-state index contributed by atoms with van der Waals surface area (Å²) in [5, 5.41) is 15.6. The first kappa shape index (κ1) is 33.2. The number of carbonyl (C=O) groups is 3. The lowest BCUT2D eigenvalue weighted by molar-refractivity contribution is -0.148. The maximum Gasteiger partial charge on any atom is 0.408 e. The highest BCUT2D eigenvalue weighted by molar-refractivity contribution is 5.93. The minimum atomic E-state index is -1.06. The van der Waals surface area contributed by atoms with Crippen LogP contribution in [0.1, 0.15) is 75.4 Å². The molecule has 230 valence electrons. The standard InChI is InChI=1S/C35H45N3O5/c1-23-14-19-28(24(2)20-23)30(31(40)36-22-26-12-10-9-11-13-26)38(34(3,4)5)32(41)29(37-33(42)43-35(6,7)8)21-25-15-17-27(39)18-16-25/h9-20,29-30,39H,21-22H2,1-8H3,(H,36,40)(H,37,42). The molecule has 0 saturated heterocycles. The highest BCUT2D eigenvalue weighted by Gasteiger charge is 2.42. The Balaban J connectivity index is 2.09. The normalized spacial score (nSPS) is 13.0. The number of phenols is 1. The van der Waals surface area contributed by atoms with Gasteiger partial charge in [-0.2, -0.15) is 0 Å². The Labute approximate surface area is 255 Å². The van der Waals surface area contributed by atoms with Crippen LogP contribution < -0.4 is 10.6 Å². The third-order valence-corrected chi connectivity index (χ3v) is 6.86. The van der Waals surface area contributed by atoms with Crippen LogP contribution in [0.3, 0.4) is 0 Å². The van der Waals surface area contributed by atoms with Crippen molar-refractivity contribution in [2.75, 3.05) is 0 Å². The lowest BCUT2D eigenvalue weighted by Gasteiger charge is -2.43. The van der Waals surface area contributed by atoms with Gasteiger partial charge in [-0.05, 0) is 89.8 Å². The van der Waals surface area contributed by atoms with Gasteiger partial charge >= 0.3 is 6.09 Å². The molecule has 0 aromatic heterocycles. The van der Waals surface area contributed by atoms with Crippen LogP contribution in [0.4, 0.5) is 4.79 Å². The van der Waals surface area contributed by atoms with Crippen LogP contribution in [0.25, 0.3) is 0 Å². The fraction of sp³-hybridized carbons (Fsp3) is 0.400. The highest BCUT2D eigenvalue weighted by Crippen LogP contribution is 2.33. The number of hydrogen-bond acceptors (Lipinski definition) is 5. The number of aryl methyl sites for hydroxylation is 2. The van der Waals surface area contributed by atoms with Crippen LogP contribution in [-0.4, -0.2) is 45.1 Å². The molecule has 2 atom stereocenters. The first-order valence-electron chi connectivity index (χ1n) is 14.5. The molecule has 3 aromatic carbocycles. The monoisotopic (exact) mass is 587 g/mol. The van der Waals surface area contributed by atoms with Crippen molar-refractivity contribution in [3.63, 3.8) is 0 Å². The number of carbonyl (C=O) groups excluding carboxylic acids is 3. The van der Waals surface area contributed by atoms with Crippen molar-refractivity contribution in [2.24, 2.45) is 0 Å². The summed E-state index contributed by atoms with van der Waals surface area (Å²) < 4.78 is 5.51. The second kappa shape index (κ2) is 13.8. The number of nitrogens with zero attached hydrogens (tertiary/aromatic N) is 1. The first-order valence-corrected chi connectivity index (χ1v) is 14.5. The number of ether oxygens (including phenoxy) is 1. The van der Waals surface area contributed by atoms with E-state index in [0.29, 0.717) is 12.1 Å². The Bertz CT molecular complexity index is 1410. The smallest absolute Gasteiger partial charge is 0.408 e. The number of hydrogen-bond donors (Lipinski definition) is 3. The van der Waals surface area contributed by atoms with Crippen molar-refractivity contribution in [3.05, 3.63) is 101 Å². The van der Waals surface area contributed by atoms with Gasteiger partial charge in [-0.1, -0.05) is 66.2 Å². The molecule has 0 fully saturated rings. The Morgan fingerprint density at radius 1 is 0.860 bits per heavy atom. The van der Waals surface area contributed by atoms with Gasteiger partial charge in [0.1, 0.15) is 23.4 Å². The number of amides is 3. The SMILES string of the molecule is Cc1ccc(C(C(=O)NCc2ccccc2)N(C(=O)C(Cc2ccc(O)cc2)NC(=O)OC(C)(C)C)C(C)(C)C)c(C)c1. The van der Waals surface area contributed by atoms with Crippen molar-refractivity contribution in [3.8, 4) is 5.75 Å². The third-order valence-electron chi connectivity index (χ3n) is 6.86. The van der Waals surface area contributed by atoms with Crippen molar-refractivity contribution in [1.29, 1.82) is 0 Å². The fourth-order valence-corrected chi connectivity index (χ4v) is 4.94. The van der Waals surface area contributed by atoms with Gasteiger partial charge in [-0.3, -0.25) is 9.59 Å². The molecule has 0 bridgehead atoms. The average molecular weight is 588 g/mol. The summed E-state index contributed by atoms with van der Waals surface area (Å²) in [6.07, 6.45) is -0.619. The summed E-state index contributed by atoms with van der Waals surface area (Å²) >= 11 is 0.